The first kappa shape index (κ1) is 22.6. The number of nitrogens with zero attached hydrogens (tertiary/aromatic N) is 1. The summed E-state index contributed by atoms with van der Waals surface area (Å²) in [7, 11) is 0. The van der Waals surface area contributed by atoms with Crippen LogP contribution in [-0.4, -0.2) is 47.4 Å². The normalized spacial score (nSPS) is 22.2. The van der Waals surface area contributed by atoms with E-state index in [-0.39, 0.29) is 11.4 Å². The fourth-order valence-corrected chi connectivity index (χ4v) is 3.62. The smallest absolute Gasteiger partial charge is 0.475 e. The highest BCUT2D eigenvalue weighted by molar-refractivity contribution is 5.73. The molecular formula is C20H27F4NO3. The molecular weight excluding hydrogens is 378 g/mol. The first-order valence-electron chi connectivity index (χ1n) is 9.42. The Kier molecular flexibility index (Phi) is 7.45. The predicted molar refractivity (Wildman–Crippen MR) is 96.2 cm³/mol. The van der Waals surface area contributed by atoms with Crippen molar-refractivity contribution in [3.63, 3.8) is 0 Å². The van der Waals surface area contributed by atoms with E-state index in [4.69, 9.17) is 14.6 Å². The molecule has 8 heteroatoms. The molecule has 2 heterocycles. The second kappa shape index (κ2) is 9.22. The molecule has 0 bridgehead atoms. The van der Waals surface area contributed by atoms with E-state index in [0.29, 0.717) is 0 Å². The van der Waals surface area contributed by atoms with Gasteiger partial charge in [0.2, 0.25) is 0 Å². The zero-order valence-corrected chi connectivity index (χ0v) is 16.1. The molecule has 0 radical (unpaired) electrons. The lowest BCUT2D eigenvalue weighted by Gasteiger charge is -2.39. The van der Waals surface area contributed by atoms with Gasteiger partial charge in [-0.15, -0.1) is 0 Å². The van der Waals surface area contributed by atoms with Gasteiger partial charge >= 0.3 is 12.1 Å². The highest BCUT2D eigenvalue weighted by atomic mass is 19.4. The summed E-state index contributed by atoms with van der Waals surface area (Å²) in [6, 6.07) is 6.88. The Morgan fingerprint density at radius 3 is 2.21 bits per heavy atom. The minimum absolute atomic E-state index is 0.147. The van der Waals surface area contributed by atoms with E-state index in [1.54, 1.807) is 12.1 Å². The van der Waals surface area contributed by atoms with Gasteiger partial charge in [-0.3, -0.25) is 4.90 Å². The monoisotopic (exact) mass is 405 g/mol. The van der Waals surface area contributed by atoms with Crippen LogP contribution in [-0.2, 0) is 16.1 Å². The van der Waals surface area contributed by atoms with Crippen LogP contribution in [0.2, 0.25) is 0 Å². The molecule has 1 aromatic carbocycles. The predicted octanol–water partition coefficient (Wildman–Crippen LogP) is 4.49. The van der Waals surface area contributed by atoms with E-state index in [9.17, 15) is 17.6 Å². The standard InChI is InChI=1S/C18H26FNO.C2HF3O2/c1-14(2)16-11-18(21-13-16)7-9-20(10-8-18)12-15-3-5-17(19)6-4-15;3-2(4,5)1(6)7/h3-6,14,16H,7-13H2,1-2H3;(H,6,7). The number of rotatable bonds is 3. The van der Waals surface area contributed by atoms with Crippen molar-refractivity contribution in [1.29, 1.82) is 0 Å². The lowest BCUT2D eigenvalue weighted by molar-refractivity contribution is -0.192. The van der Waals surface area contributed by atoms with Crippen LogP contribution in [0.4, 0.5) is 17.6 Å². The van der Waals surface area contributed by atoms with Crippen LogP contribution in [0.5, 0.6) is 0 Å². The molecule has 0 amide bonds. The fraction of sp³-hybridized carbons (Fsp3) is 0.650. The van der Waals surface area contributed by atoms with Crippen molar-refractivity contribution in [3.05, 3.63) is 35.6 Å². The van der Waals surface area contributed by atoms with Crippen LogP contribution in [0.15, 0.2) is 24.3 Å². The number of benzene rings is 1. The van der Waals surface area contributed by atoms with Gasteiger partial charge in [0.1, 0.15) is 5.82 Å². The van der Waals surface area contributed by atoms with E-state index in [0.717, 1.165) is 50.9 Å². The number of halogens is 4. The number of carboxylic acids is 1. The summed E-state index contributed by atoms with van der Waals surface area (Å²) < 4.78 is 50.9. The number of aliphatic carboxylic acids is 1. The number of piperidine rings is 1. The molecule has 1 unspecified atom stereocenters. The summed E-state index contributed by atoms with van der Waals surface area (Å²) in [5.74, 6) is -1.46. The largest absolute Gasteiger partial charge is 0.490 e. The minimum Gasteiger partial charge on any atom is -0.475 e. The Morgan fingerprint density at radius 1 is 1.25 bits per heavy atom. The van der Waals surface area contributed by atoms with Gasteiger partial charge < -0.3 is 9.84 Å². The summed E-state index contributed by atoms with van der Waals surface area (Å²) in [6.45, 7) is 8.64. The molecule has 2 aliphatic rings. The zero-order chi connectivity index (χ0) is 20.9. The SMILES string of the molecule is CC(C)C1COC2(CCN(Cc3ccc(F)cc3)CC2)C1.O=C(O)C(F)(F)F. The molecule has 28 heavy (non-hydrogen) atoms. The van der Waals surface area contributed by atoms with Crippen molar-refractivity contribution in [1.82, 2.24) is 4.90 Å². The quantitative estimate of drug-likeness (QED) is 0.753. The fourth-order valence-electron chi connectivity index (χ4n) is 3.62. The molecule has 1 aromatic rings. The Bertz CT molecular complexity index is 638. The molecule has 1 N–H and O–H groups in total. The van der Waals surface area contributed by atoms with E-state index in [1.165, 1.54) is 12.0 Å². The van der Waals surface area contributed by atoms with Crippen molar-refractivity contribution >= 4 is 5.97 Å². The molecule has 1 spiro atoms. The third kappa shape index (κ3) is 6.44. The van der Waals surface area contributed by atoms with Crippen LogP contribution < -0.4 is 0 Å². The van der Waals surface area contributed by atoms with Gasteiger partial charge in [0.25, 0.3) is 0 Å². The summed E-state index contributed by atoms with van der Waals surface area (Å²) >= 11 is 0. The van der Waals surface area contributed by atoms with E-state index < -0.39 is 12.1 Å². The van der Waals surface area contributed by atoms with Crippen LogP contribution in [0, 0.1) is 17.7 Å². The van der Waals surface area contributed by atoms with Gasteiger partial charge in [-0.25, -0.2) is 9.18 Å². The first-order chi connectivity index (χ1) is 13.0. The van der Waals surface area contributed by atoms with Gasteiger partial charge in [0.15, 0.2) is 0 Å². The lowest BCUT2D eigenvalue weighted by Crippen LogP contribution is -2.43. The summed E-state index contributed by atoms with van der Waals surface area (Å²) in [5.41, 5.74) is 1.34. The van der Waals surface area contributed by atoms with Gasteiger partial charge in [-0.1, -0.05) is 26.0 Å². The molecule has 1 atom stereocenters. The van der Waals surface area contributed by atoms with E-state index >= 15 is 0 Å². The van der Waals surface area contributed by atoms with Crippen molar-refractivity contribution in [2.45, 2.75) is 51.4 Å². The third-order valence-corrected chi connectivity index (χ3v) is 5.51. The number of carboxylic acid groups (broad SMARTS) is 1. The minimum atomic E-state index is -5.08. The van der Waals surface area contributed by atoms with Gasteiger partial charge in [-0.05, 0) is 48.8 Å². The number of alkyl halides is 3. The highest BCUT2D eigenvalue weighted by Gasteiger charge is 2.43. The Labute approximate surface area is 162 Å². The lowest BCUT2D eigenvalue weighted by atomic mass is 9.82. The molecule has 0 aromatic heterocycles. The van der Waals surface area contributed by atoms with Crippen molar-refractivity contribution in [2.75, 3.05) is 19.7 Å². The van der Waals surface area contributed by atoms with Gasteiger partial charge in [0, 0.05) is 19.6 Å². The summed E-state index contributed by atoms with van der Waals surface area (Å²) in [4.78, 5) is 11.4. The van der Waals surface area contributed by atoms with E-state index in [2.05, 4.69) is 18.7 Å². The molecule has 0 aliphatic carbocycles. The van der Waals surface area contributed by atoms with Crippen LogP contribution in [0.25, 0.3) is 0 Å². The van der Waals surface area contributed by atoms with E-state index in [1.807, 2.05) is 12.1 Å². The second-order valence-electron chi connectivity index (χ2n) is 7.91. The Hall–Kier alpha value is -1.67. The van der Waals surface area contributed by atoms with Crippen LogP contribution >= 0.6 is 0 Å². The average Bonchev–Trinajstić information content (AvgIpc) is 3.03. The third-order valence-electron chi connectivity index (χ3n) is 5.51. The second-order valence-corrected chi connectivity index (χ2v) is 7.91. The van der Waals surface area contributed by atoms with Gasteiger partial charge in [0.05, 0.1) is 12.2 Å². The van der Waals surface area contributed by atoms with Crippen molar-refractivity contribution < 1.29 is 32.2 Å². The molecule has 2 fully saturated rings. The maximum Gasteiger partial charge on any atom is 0.490 e. The zero-order valence-electron chi connectivity index (χ0n) is 16.1. The highest BCUT2D eigenvalue weighted by Crippen LogP contribution is 2.41. The number of likely N-dealkylation sites (tertiary alicyclic amines) is 1. The van der Waals surface area contributed by atoms with Crippen molar-refractivity contribution in [2.24, 2.45) is 11.8 Å². The van der Waals surface area contributed by atoms with Gasteiger partial charge in [-0.2, -0.15) is 13.2 Å². The average molecular weight is 405 g/mol. The Balaban J connectivity index is 0.000000345. The number of hydrogen-bond acceptors (Lipinski definition) is 3. The number of carbonyl (C=O) groups is 1. The number of hydrogen-bond donors (Lipinski definition) is 1. The maximum absolute atomic E-state index is 12.9. The molecule has 2 saturated heterocycles. The summed E-state index contributed by atoms with van der Waals surface area (Å²) in [6.07, 6.45) is -1.58. The topological polar surface area (TPSA) is 49.8 Å². The molecule has 158 valence electrons. The molecule has 0 saturated carbocycles. The van der Waals surface area contributed by atoms with Crippen LogP contribution in [0.3, 0.4) is 0 Å². The maximum atomic E-state index is 12.9. The molecule has 2 aliphatic heterocycles. The summed E-state index contributed by atoms with van der Waals surface area (Å²) in [5, 5.41) is 7.12. The first-order valence-corrected chi connectivity index (χ1v) is 9.42. The molecule has 4 nitrogen and oxygen atoms in total. The van der Waals surface area contributed by atoms with Crippen LogP contribution in [0.1, 0.15) is 38.7 Å². The molecule has 3 rings (SSSR count). The number of ether oxygens (including phenoxy) is 1. The Morgan fingerprint density at radius 2 is 1.79 bits per heavy atom. The van der Waals surface area contributed by atoms with Crippen molar-refractivity contribution in [3.8, 4) is 0 Å².